The lowest BCUT2D eigenvalue weighted by molar-refractivity contribution is 0.0387. The SMILES string of the molecule is C(=Cc1ccccc1)CCN1CCOCC1. The van der Waals surface area contributed by atoms with Crippen LogP contribution < -0.4 is 0 Å². The van der Waals surface area contributed by atoms with Gasteiger partial charge in [-0.3, -0.25) is 4.90 Å². The van der Waals surface area contributed by atoms with Crippen molar-refractivity contribution in [1.82, 2.24) is 4.90 Å². The van der Waals surface area contributed by atoms with Gasteiger partial charge in [0.1, 0.15) is 0 Å². The molecular weight excluding hydrogens is 198 g/mol. The summed E-state index contributed by atoms with van der Waals surface area (Å²) in [5, 5.41) is 0. The van der Waals surface area contributed by atoms with Gasteiger partial charge in [-0.2, -0.15) is 0 Å². The lowest BCUT2D eigenvalue weighted by Gasteiger charge is -2.25. The van der Waals surface area contributed by atoms with Gasteiger partial charge in [0, 0.05) is 19.6 Å². The number of hydrogen-bond donors (Lipinski definition) is 0. The van der Waals surface area contributed by atoms with E-state index in [0.29, 0.717) is 0 Å². The highest BCUT2D eigenvalue weighted by atomic mass is 16.5. The van der Waals surface area contributed by atoms with Crippen LogP contribution in [0.2, 0.25) is 0 Å². The molecule has 0 aromatic heterocycles. The van der Waals surface area contributed by atoms with E-state index in [-0.39, 0.29) is 0 Å². The zero-order valence-electron chi connectivity index (χ0n) is 9.64. The van der Waals surface area contributed by atoms with E-state index in [9.17, 15) is 0 Å². The summed E-state index contributed by atoms with van der Waals surface area (Å²) >= 11 is 0. The summed E-state index contributed by atoms with van der Waals surface area (Å²) < 4.78 is 5.32. The second kappa shape index (κ2) is 6.46. The molecule has 0 aliphatic carbocycles. The molecule has 0 radical (unpaired) electrons. The maximum Gasteiger partial charge on any atom is 0.0594 e. The van der Waals surface area contributed by atoms with Gasteiger partial charge in [0.15, 0.2) is 0 Å². The molecule has 16 heavy (non-hydrogen) atoms. The molecule has 0 amide bonds. The zero-order valence-corrected chi connectivity index (χ0v) is 9.64. The Morgan fingerprint density at radius 2 is 1.88 bits per heavy atom. The largest absolute Gasteiger partial charge is 0.379 e. The van der Waals surface area contributed by atoms with E-state index < -0.39 is 0 Å². The average molecular weight is 217 g/mol. The third-order valence-corrected chi connectivity index (χ3v) is 2.83. The van der Waals surface area contributed by atoms with Crippen LogP contribution in [0.3, 0.4) is 0 Å². The van der Waals surface area contributed by atoms with Crippen LogP contribution in [-0.4, -0.2) is 37.7 Å². The number of morpholine rings is 1. The Bertz CT molecular complexity index is 315. The van der Waals surface area contributed by atoms with Crippen molar-refractivity contribution in [3.8, 4) is 0 Å². The van der Waals surface area contributed by atoms with Crippen molar-refractivity contribution >= 4 is 6.08 Å². The fourth-order valence-corrected chi connectivity index (χ4v) is 1.87. The third kappa shape index (κ3) is 3.80. The molecule has 1 fully saturated rings. The van der Waals surface area contributed by atoms with Crippen LogP contribution in [-0.2, 0) is 4.74 Å². The molecule has 0 spiro atoms. The second-order valence-corrected chi connectivity index (χ2v) is 4.06. The quantitative estimate of drug-likeness (QED) is 0.768. The van der Waals surface area contributed by atoms with Crippen molar-refractivity contribution in [2.24, 2.45) is 0 Å². The molecule has 0 unspecified atom stereocenters. The first-order chi connectivity index (χ1) is 7.95. The van der Waals surface area contributed by atoms with E-state index in [2.05, 4.69) is 41.3 Å². The second-order valence-electron chi connectivity index (χ2n) is 4.06. The van der Waals surface area contributed by atoms with E-state index >= 15 is 0 Å². The molecule has 1 aliphatic rings. The molecule has 1 saturated heterocycles. The summed E-state index contributed by atoms with van der Waals surface area (Å²) in [6.07, 6.45) is 5.57. The highest BCUT2D eigenvalue weighted by Gasteiger charge is 2.07. The van der Waals surface area contributed by atoms with E-state index in [1.54, 1.807) is 0 Å². The summed E-state index contributed by atoms with van der Waals surface area (Å²) in [5.74, 6) is 0. The van der Waals surface area contributed by atoms with Crippen LogP contribution in [0.25, 0.3) is 6.08 Å². The lowest BCUT2D eigenvalue weighted by Crippen LogP contribution is -2.36. The van der Waals surface area contributed by atoms with Gasteiger partial charge >= 0.3 is 0 Å². The van der Waals surface area contributed by atoms with Gasteiger partial charge in [0.2, 0.25) is 0 Å². The van der Waals surface area contributed by atoms with Gasteiger partial charge in [0.05, 0.1) is 13.2 Å². The van der Waals surface area contributed by atoms with Crippen LogP contribution in [0.5, 0.6) is 0 Å². The monoisotopic (exact) mass is 217 g/mol. The van der Waals surface area contributed by atoms with Gasteiger partial charge in [-0.1, -0.05) is 42.5 Å². The molecule has 1 heterocycles. The summed E-state index contributed by atoms with van der Waals surface area (Å²) in [4.78, 5) is 2.46. The molecule has 1 aromatic carbocycles. The Labute approximate surface area is 97.5 Å². The van der Waals surface area contributed by atoms with E-state index in [0.717, 1.165) is 39.3 Å². The van der Waals surface area contributed by atoms with Crippen LogP contribution in [0.1, 0.15) is 12.0 Å². The Hall–Kier alpha value is -1.12. The topological polar surface area (TPSA) is 12.5 Å². The predicted molar refractivity (Wildman–Crippen MR) is 67.4 cm³/mol. The maximum atomic E-state index is 5.32. The van der Waals surface area contributed by atoms with Crippen LogP contribution in [0.4, 0.5) is 0 Å². The minimum absolute atomic E-state index is 0.891. The van der Waals surface area contributed by atoms with E-state index in [1.807, 2.05) is 6.07 Å². The Balaban J connectivity index is 1.69. The zero-order chi connectivity index (χ0) is 11.1. The predicted octanol–water partition coefficient (Wildman–Crippen LogP) is 2.42. The van der Waals surface area contributed by atoms with Gasteiger partial charge in [-0.25, -0.2) is 0 Å². The molecule has 2 rings (SSSR count). The average Bonchev–Trinajstić information content (AvgIpc) is 2.37. The molecule has 2 heteroatoms. The van der Waals surface area contributed by atoms with Crippen molar-refractivity contribution in [3.63, 3.8) is 0 Å². The molecule has 1 aliphatic heterocycles. The Morgan fingerprint density at radius 1 is 1.12 bits per heavy atom. The van der Waals surface area contributed by atoms with Crippen LogP contribution >= 0.6 is 0 Å². The van der Waals surface area contributed by atoms with Crippen molar-refractivity contribution in [3.05, 3.63) is 42.0 Å². The van der Waals surface area contributed by atoms with E-state index in [4.69, 9.17) is 4.74 Å². The first-order valence-electron chi connectivity index (χ1n) is 5.97. The number of benzene rings is 1. The maximum absolute atomic E-state index is 5.32. The molecule has 0 saturated carbocycles. The first-order valence-corrected chi connectivity index (χ1v) is 5.97. The Kier molecular flexibility index (Phi) is 4.59. The third-order valence-electron chi connectivity index (χ3n) is 2.83. The Morgan fingerprint density at radius 3 is 2.62 bits per heavy atom. The molecule has 86 valence electrons. The summed E-state index contributed by atoms with van der Waals surface area (Å²) in [5.41, 5.74) is 1.28. The van der Waals surface area contributed by atoms with Crippen molar-refractivity contribution in [2.75, 3.05) is 32.8 Å². The molecular formula is C14H19NO. The van der Waals surface area contributed by atoms with E-state index in [1.165, 1.54) is 5.56 Å². The van der Waals surface area contributed by atoms with Gasteiger partial charge < -0.3 is 4.74 Å². The molecule has 1 aromatic rings. The molecule has 0 bridgehead atoms. The fraction of sp³-hybridized carbons (Fsp3) is 0.429. The highest BCUT2D eigenvalue weighted by molar-refractivity contribution is 5.48. The first kappa shape index (κ1) is 11.4. The van der Waals surface area contributed by atoms with Gasteiger partial charge in [-0.05, 0) is 12.0 Å². The van der Waals surface area contributed by atoms with Crippen molar-refractivity contribution in [2.45, 2.75) is 6.42 Å². The van der Waals surface area contributed by atoms with Crippen LogP contribution in [0.15, 0.2) is 36.4 Å². The normalized spacial score (nSPS) is 18.0. The number of rotatable bonds is 4. The molecule has 2 nitrogen and oxygen atoms in total. The van der Waals surface area contributed by atoms with Gasteiger partial charge in [0.25, 0.3) is 0 Å². The smallest absolute Gasteiger partial charge is 0.0594 e. The van der Waals surface area contributed by atoms with Crippen LogP contribution in [0, 0.1) is 0 Å². The minimum atomic E-state index is 0.891. The standard InChI is InChI=1S/C14H19NO/c1-2-6-14(7-3-1)8-4-5-9-15-10-12-16-13-11-15/h1-4,6-8H,5,9-13H2. The number of nitrogens with zero attached hydrogens (tertiary/aromatic N) is 1. The van der Waals surface area contributed by atoms with Crippen molar-refractivity contribution in [1.29, 1.82) is 0 Å². The molecule has 0 N–H and O–H groups in total. The summed E-state index contributed by atoms with van der Waals surface area (Å²) in [6.45, 7) is 5.09. The molecule has 0 atom stereocenters. The fourth-order valence-electron chi connectivity index (χ4n) is 1.87. The minimum Gasteiger partial charge on any atom is -0.379 e. The number of ether oxygens (including phenoxy) is 1. The highest BCUT2D eigenvalue weighted by Crippen LogP contribution is 2.03. The summed E-state index contributed by atoms with van der Waals surface area (Å²) in [6, 6.07) is 10.4. The lowest BCUT2D eigenvalue weighted by atomic mass is 10.2. The summed E-state index contributed by atoms with van der Waals surface area (Å²) in [7, 11) is 0. The number of hydrogen-bond acceptors (Lipinski definition) is 2. The van der Waals surface area contributed by atoms with Crippen molar-refractivity contribution < 1.29 is 4.74 Å². The van der Waals surface area contributed by atoms with Gasteiger partial charge in [-0.15, -0.1) is 0 Å².